The van der Waals surface area contributed by atoms with Crippen LogP contribution in [-0.2, 0) is 0 Å². The van der Waals surface area contributed by atoms with E-state index in [2.05, 4.69) is 10.6 Å². The first-order chi connectivity index (χ1) is 10.0. The molecule has 0 aliphatic carbocycles. The van der Waals surface area contributed by atoms with Crippen molar-refractivity contribution in [2.45, 2.75) is 6.42 Å². The van der Waals surface area contributed by atoms with Gasteiger partial charge in [0.1, 0.15) is 5.56 Å². The number of aromatic hydroxyl groups is 2. The second-order valence-electron chi connectivity index (χ2n) is 4.55. The lowest BCUT2D eigenvalue weighted by Gasteiger charge is -2.07. The number of rotatable bonds is 5. The van der Waals surface area contributed by atoms with Crippen LogP contribution in [0.25, 0.3) is 11.0 Å². The van der Waals surface area contributed by atoms with Gasteiger partial charge in [-0.05, 0) is 38.2 Å². The molecule has 0 bridgehead atoms. The highest BCUT2D eigenvalue weighted by Gasteiger charge is 2.14. The first-order valence-electron chi connectivity index (χ1n) is 6.50. The summed E-state index contributed by atoms with van der Waals surface area (Å²) in [7, 11) is 1.83. The van der Waals surface area contributed by atoms with Crippen molar-refractivity contribution >= 4 is 16.9 Å². The highest BCUT2D eigenvalue weighted by molar-refractivity contribution is 5.97. The van der Waals surface area contributed by atoms with E-state index in [9.17, 15) is 15.0 Å². The molecular weight excluding hydrogens is 274 g/mol. The van der Waals surface area contributed by atoms with Crippen LogP contribution in [0.3, 0.4) is 0 Å². The van der Waals surface area contributed by atoms with Crippen LogP contribution in [0.5, 0.6) is 11.5 Å². The van der Waals surface area contributed by atoms with Gasteiger partial charge in [-0.2, -0.15) is 0 Å². The minimum absolute atomic E-state index is 0.0215. The number of benzene rings is 1. The molecule has 1 heterocycles. The molecular formula is C14H17N3O4. The Balaban J connectivity index is 2.29. The topological polar surface area (TPSA) is 119 Å². The van der Waals surface area contributed by atoms with E-state index in [4.69, 9.17) is 9.83 Å². The number of carbonyl (C=O) groups is 1. The molecule has 21 heavy (non-hydrogen) atoms. The number of amides is 1. The van der Waals surface area contributed by atoms with Gasteiger partial charge in [0.05, 0.1) is 0 Å². The maximum absolute atomic E-state index is 12.0. The zero-order valence-corrected chi connectivity index (χ0v) is 11.6. The maximum Gasteiger partial charge on any atom is 0.256 e. The molecule has 7 nitrogen and oxygen atoms in total. The third-order valence-corrected chi connectivity index (χ3v) is 3.02. The Morgan fingerprint density at radius 2 is 2.10 bits per heavy atom. The van der Waals surface area contributed by atoms with E-state index in [1.54, 1.807) is 0 Å². The smallest absolute Gasteiger partial charge is 0.256 e. The van der Waals surface area contributed by atoms with E-state index >= 15 is 0 Å². The van der Waals surface area contributed by atoms with Crippen molar-refractivity contribution in [2.24, 2.45) is 0 Å². The van der Waals surface area contributed by atoms with Crippen LogP contribution in [0.15, 0.2) is 22.6 Å². The van der Waals surface area contributed by atoms with Crippen LogP contribution in [0.1, 0.15) is 16.8 Å². The average molecular weight is 291 g/mol. The van der Waals surface area contributed by atoms with E-state index in [1.165, 1.54) is 18.2 Å². The molecule has 1 aromatic heterocycles. The molecule has 1 aromatic carbocycles. The van der Waals surface area contributed by atoms with E-state index in [-0.39, 0.29) is 22.5 Å². The van der Waals surface area contributed by atoms with Gasteiger partial charge in [0.2, 0.25) is 11.3 Å². The van der Waals surface area contributed by atoms with E-state index in [1.807, 2.05) is 7.05 Å². The van der Waals surface area contributed by atoms with Crippen LogP contribution in [0, 0.1) is 5.41 Å². The molecule has 0 saturated carbocycles. The van der Waals surface area contributed by atoms with Crippen molar-refractivity contribution in [3.8, 4) is 11.5 Å². The molecule has 0 radical (unpaired) electrons. The molecule has 0 unspecified atom stereocenters. The molecule has 112 valence electrons. The predicted octanol–water partition coefficient (Wildman–Crippen LogP) is 0.663. The lowest BCUT2D eigenvalue weighted by Crippen LogP contribution is -2.30. The number of phenolic OH excluding ortho intramolecular Hbond substituents is 2. The van der Waals surface area contributed by atoms with Gasteiger partial charge < -0.3 is 25.3 Å². The zero-order valence-electron chi connectivity index (χ0n) is 11.6. The van der Waals surface area contributed by atoms with Gasteiger partial charge in [-0.25, -0.2) is 0 Å². The summed E-state index contributed by atoms with van der Waals surface area (Å²) in [6.07, 6.45) is 0.773. The fraction of sp³-hybridized carbons (Fsp3) is 0.286. The quantitative estimate of drug-likeness (QED) is 0.409. The standard InChI is InChI=1S/C14H17N3O4/c1-16-5-2-6-17-14(20)9-7-8-3-4-10(18)11(19)12(8)21-13(9)15/h3-4,7,15-16,18-19H,2,5-6H2,1H3,(H,17,20). The SMILES string of the molecule is CNCCCNC(=O)c1cc2ccc(O)c(O)c2oc1=N. The summed E-state index contributed by atoms with van der Waals surface area (Å²) in [5, 5.41) is 32.9. The number of hydrogen-bond donors (Lipinski definition) is 5. The number of hydrogen-bond acceptors (Lipinski definition) is 6. The fourth-order valence-corrected chi connectivity index (χ4v) is 1.91. The third kappa shape index (κ3) is 3.14. The molecule has 0 saturated heterocycles. The first-order valence-corrected chi connectivity index (χ1v) is 6.50. The Hall–Kier alpha value is -2.54. The lowest BCUT2D eigenvalue weighted by molar-refractivity contribution is 0.0949. The summed E-state index contributed by atoms with van der Waals surface area (Å²) < 4.78 is 5.14. The van der Waals surface area contributed by atoms with Crippen molar-refractivity contribution in [1.29, 1.82) is 5.41 Å². The first kappa shape index (κ1) is 14.9. The second-order valence-corrected chi connectivity index (χ2v) is 4.55. The second kappa shape index (κ2) is 6.27. The summed E-state index contributed by atoms with van der Waals surface area (Å²) in [6, 6.07) is 4.25. The van der Waals surface area contributed by atoms with Crippen LogP contribution >= 0.6 is 0 Å². The molecule has 0 aliphatic heterocycles. The molecule has 5 N–H and O–H groups in total. The normalized spacial score (nSPS) is 10.7. The molecule has 7 heteroatoms. The fourth-order valence-electron chi connectivity index (χ4n) is 1.91. The molecule has 0 atom stereocenters. The van der Waals surface area contributed by atoms with Crippen molar-refractivity contribution in [2.75, 3.05) is 20.1 Å². The summed E-state index contributed by atoms with van der Waals surface area (Å²) >= 11 is 0. The average Bonchev–Trinajstić information content (AvgIpc) is 2.47. The van der Waals surface area contributed by atoms with Crippen LogP contribution in [0.2, 0.25) is 0 Å². The van der Waals surface area contributed by atoms with E-state index < -0.39 is 11.7 Å². The molecule has 2 rings (SSSR count). The third-order valence-electron chi connectivity index (χ3n) is 3.02. The Labute approximate surface area is 120 Å². The van der Waals surface area contributed by atoms with Gasteiger partial charge in [0, 0.05) is 11.9 Å². The van der Waals surface area contributed by atoms with Gasteiger partial charge in [0.25, 0.3) is 5.91 Å². The summed E-state index contributed by atoms with van der Waals surface area (Å²) in [5.41, 5.74) is -0.307. The predicted molar refractivity (Wildman–Crippen MR) is 76.3 cm³/mol. The van der Waals surface area contributed by atoms with Crippen molar-refractivity contribution in [3.63, 3.8) is 0 Å². The van der Waals surface area contributed by atoms with Gasteiger partial charge in [0.15, 0.2) is 11.3 Å². The molecule has 0 spiro atoms. The summed E-state index contributed by atoms with van der Waals surface area (Å²) in [6.45, 7) is 1.27. The number of phenols is 2. The monoisotopic (exact) mass is 291 g/mol. The van der Waals surface area contributed by atoms with E-state index in [0.29, 0.717) is 11.9 Å². The van der Waals surface area contributed by atoms with Crippen LogP contribution in [0.4, 0.5) is 0 Å². The number of carbonyl (C=O) groups excluding carboxylic acids is 1. The van der Waals surface area contributed by atoms with Crippen molar-refractivity contribution < 1.29 is 19.4 Å². The van der Waals surface area contributed by atoms with Gasteiger partial charge in [-0.3, -0.25) is 10.2 Å². The molecule has 1 amide bonds. The molecule has 2 aromatic rings. The zero-order chi connectivity index (χ0) is 15.4. The highest BCUT2D eigenvalue weighted by Crippen LogP contribution is 2.32. The molecule has 0 aliphatic rings. The van der Waals surface area contributed by atoms with Crippen molar-refractivity contribution in [3.05, 3.63) is 29.3 Å². The Bertz CT molecular complexity index is 724. The lowest BCUT2D eigenvalue weighted by atomic mass is 10.1. The highest BCUT2D eigenvalue weighted by atomic mass is 16.4. The maximum atomic E-state index is 12.0. The van der Waals surface area contributed by atoms with Crippen LogP contribution < -0.4 is 16.2 Å². The van der Waals surface area contributed by atoms with Gasteiger partial charge in [-0.15, -0.1) is 0 Å². The van der Waals surface area contributed by atoms with Gasteiger partial charge >= 0.3 is 0 Å². The summed E-state index contributed by atoms with van der Waals surface area (Å²) in [5.74, 6) is -1.19. The van der Waals surface area contributed by atoms with Crippen molar-refractivity contribution in [1.82, 2.24) is 10.6 Å². The molecule has 0 fully saturated rings. The van der Waals surface area contributed by atoms with E-state index in [0.717, 1.165) is 13.0 Å². The largest absolute Gasteiger partial charge is 0.504 e. The summed E-state index contributed by atoms with van der Waals surface area (Å²) in [4.78, 5) is 12.0. The van der Waals surface area contributed by atoms with Crippen LogP contribution in [-0.4, -0.2) is 36.3 Å². The van der Waals surface area contributed by atoms with Gasteiger partial charge in [-0.1, -0.05) is 0 Å². The Morgan fingerprint density at radius 1 is 1.33 bits per heavy atom. The minimum atomic E-state index is -0.443. The number of fused-ring (bicyclic) bond motifs is 1. The Morgan fingerprint density at radius 3 is 2.81 bits per heavy atom. The Kier molecular flexibility index (Phi) is 4.44. The number of nitrogens with one attached hydrogen (secondary N) is 3. The minimum Gasteiger partial charge on any atom is -0.504 e.